The highest BCUT2D eigenvalue weighted by atomic mass is 35.5. The Hall–Kier alpha value is -0.850. The van der Waals surface area contributed by atoms with Crippen LogP contribution in [0.4, 0.5) is 5.69 Å². The smallest absolute Gasteiger partial charge is 0.289 e. The van der Waals surface area contributed by atoms with E-state index in [1.165, 1.54) is 17.8 Å². The minimum atomic E-state index is -0.553. The van der Waals surface area contributed by atoms with Gasteiger partial charge in [-0.2, -0.15) is 0 Å². The highest BCUT2D eigenvalue weighted by Crippen LogP contribution is 2.30. The summed E-state index contributed by atoms with van der Waals surface area (Å²) in [6.07, 6.45) is 1.15. The van der Waals surface area contributed by atoms with Gasteiger partial charge in [0.05, 0.1) is 16.6 Å². The van der Waals surface area contributed by atoms with Crippen molar-refractivity contribution in [3.05, 3.63) is 27.4 Å². The molecule has 1 atom stereocenters. The van der Waals surface area contributed by atoms with Crippen LogP contribution < -0.4 is 0 Å². The van der Waals surface area contributed by atoms with E-state index in [0.717, 1.165) is 6.20 Å². The Morgan fingerprint density at radius 1 is 1.80 bits per heavy atom. The number of rotatable bonds is 4. The Morgan fingerprint density at radius 3 is 2.93 bits per heavy atom. The first kappa shape index (κ1) is 12.2. The second-order valence-corrected chi connectivity index (χ2v) is 4.68. The summed E-state index contributed by atoms with van der Waals surface area (Å²) >= 11 is 7.08. The fraction of sp³-hybridized carbons (Fsp3) is 0.375. The third-order valence-corrected chi connectivity index (χ3v) is 3.07. The standard InChI is InChI=1S/C8H9ClN2O3S/c1-5(4-12)15-8-7(9)2-6(3-10-8)11(13)14/h2-3,5,12H,4H2,1H3. The third-order valence-electron chi connectivity index (χ3n) is 1.57. The average Bonchev–Trinajstić information content (AvgIpc) is 2.20. The lowest BCUT2D eigenvalue weighted by Gasteiger charge is -2.07. The first-order chi connectivity index (χ1) is 7.04. The molecule has 1 aromatic heterocycles. The maximum absolute atomic E-state index is 10.4. The molecule has 0 spiro atoms. The van der Waals surface area contributed by atoms with Gasteiger partial charge in [-0.25, -0.2) is 4.98 Å². The molecule has 0 aliphatic carbocycles. The van der Waals surface area contributed by atoms with Crippen molar-refractivity contribution in [2.45, 2.75) is 17.2 Å². The van der Waals surface area contributed by atoms with Gasteiger partial charge < -0.3 is 5.11 Å². The Morgan fingerprint density at radius 2 is 2.47 bits per heavy atom. The minimum absolute atomic E-state index is 0.000334. The summed E-state index contributed by atoms with van der Waals surface area (Å²) < 4.78 is 0. The van der Waals surface area contributed by atoms with E-state index in [2.05, 4.69) is 4.98 Å². The van der Waals surface area contributed by atoms with Gasteiger partial charge in [0.1, 0.15) is 11.2 Å². The molecule has 1 N–H and O–H groups in total. The van der Waals surface area contributed by atoms with Crippen molar-refractivity contribution in [3.63, 3.8) is 0 Å². The molecular weight excluding hydrogens is 240 g/mol. The van der Waals surface area contributed by atoms with Crippen LogP contribution in [0.5, 0.6) is 0 Å². The Kier molecular flexibility index (Phi) is 4.31. The van der Waals surface area contributed by atoms with E-state index >= 15 is 0 Å². The number of aliphatic hydroxyl groups is 1. The quantitative estimate of drug-likeness (QED) is 0.502. The molecule has 0 aliphatic rings. The maximum atomic E-state index is 10.4. The molecule has 1 aromatic rings. The first-order valence-electron chi connectivity index (χ1n) is 4.12. The van der Waals surface area contributed by atoms with Crippen LogP contribution in [0, 0.1) is 10.1 Å². The Labute approximate surface area is 95.6 Å². The lowest BCUT2D eigenvalue weighted by molar-refractivity contribution is -0.385. The van der Waals surface area contributed by atoms with Crippen molar-refractivity contribution in [1.29, 1.82) is 0 Å². The van der Waals surface area contributed by atoms with E-state index in [1.54, 1.807) is 0 Å². The van der Waals surface area contributed by atoms with Crippen LogP contribution in [0.15, 0.2) is 17.3 Å². The topological polar surface area (TPSA) is 76.3 Å². The van der Waals surface area contributed by atoms with Crippen molar-refractivity contribution in [3.8, 4) is 0 Å². The summed E-state index contributed by atoms with van der Waals surface area (Å²) in [6.45, 7) is 1.81. The third kappa shape index (κ3) is 3.33. The van der Waals surface area contributed by atoms with Gasteiger partial charge in [-0.1, -0.05) is 30.3 Å². The van der Waals surface area contributed by atoms with E-state index in [4.69, 9.17) is 16.7 Å². The Balaban J connectivity index is 2.88. The first-order valence-corrected chi connectivity index (χ1v) is 5.37. The highest BCUT2D eigenvalue weighted by molar-refractivity contribution is 8.00. The molecule has 5 nitrogen and oxygen atoms in total. The molecule has 0 amide bonds. The van der Waals surface area contributed by atoms with Crippen LogP contribution in [0.25, 0.3) is 0 Å². The molecule has 0 fully saturated rings. The summed E-state index contributed by atoms with van der Waals surface area (Å²) in [4.78, 5) is 13.7. The van der Waals surface area contributed by atoms with Gasteiger partial charge in [0.15, 0.2) is 0 Å². The highest BCUT2D eigenvalue weighted by Gasteiger charge is 2.13. The number of nitro groups is 1. The van der Waals surface area contributed by atoms with Gasteiger partial charge in [-0.05, 0) is 0 Å². The molecule has 0 saturated heterocycles. The number of pyridine rings is 1. The van der Waals surface area contributed by atoms with Crippen molar-refractivity contribution >= 4 is 29.1 Å². The molecule has 7 heteroatoms. The average molecular weight is 249 g/mol. The van der Waals surface area contributed by atoms with Crippen LogP contribution in [-0.2, 0) is 0 Å². The van der Waals surface area contributed by atoms with Gasteiger partial charge in [-0.3, -0.25) is 10.1 Å². The summed E-state index contributed by atoms with van der Waals surface area (Å²) in [6, 6.07) is 1.25. The molecule has 1 rings (SSSR count). The van der Waals surface area contributed by atoms with Gasteiger partial charge in [-0.15, -0.1) is 0 Å². The van der Waals surface area contributed by atoms with Crippen molar-refractivity contribution in [2.24, 2.45) is 0 Å². The van der Waals surface area contributed by atoms with Crippen molar-refractivity contribution < 1.29 is 10.0 Å². The number of aromatic nitrogens is 1. The molecule has 0 aliphatic heterocycles. The SMILES string of the molecule is CC(CO)Sc1ncc([N+](=O)[O-])cc1Cl. The zero-order valence-electron chi connectivity index (χ0n) is 7.88. The van der Waals surface area contributed by atoms with Gasteiger partial charge in [0, 0.05) is 11.3 Å². The minimum Gasteiger partial charge on any atom is -0.395 e. The molecule has 0 saturated carbocycles. The van der Waals surface area contributed by atoms with Crippen LogP contribution in [0.3, 0.4) is 0 Å². The summed E-state index contributed by atoms with van der Waals surface area (Å²) in [7, 11) is 0. The number of hydrogen-bond donors (Lipinski definition) is 1. The van der Waals surface area contributed by atoms with Crippen molar-refractivity contribution in [2.75, 3.05) is 6.61 Å². The predicted molar refractivity (Wildman–Crippen MR) is 58.3 cm³/mol. The molecule has 82 valence electrons. The zero-order valence-corrected chi connectivity index (χ0v) is 9.46. The number of nitrogens with zero attached hydrogens (tertiary/aromatic N) is 2. The van der Waals surface area contributed by atoms with Gasteiger partial charge >= 0.3 is 0 Å². The monoisotopic (exact) mass is 248 g/mol. The fourth-order valence-electron chi connectivity index (χ4n) is 0.830. The zero-order chi connectivity index (χ0) is 11.4. The van der Waals surface area contributed by atoms with E-state index in [0.29, 0.717) is 5.03 Å². The summed E-state index contributed by atoms with van der Waals surface area (Å²) in [5.74, 6) is 0. The Bertz CT molecular complexity index is 375. The number of thioether (sulfide) groups is 1. The lowest BCUT2D eigenvalue weighted by atomic mass is 10.4. The molecule has 0 aromatic carbocycles. The predicted octanol–water partition coefficient (Wildman–Crippen LogP) is 2.12. The van der Waals surface area contributed by atoms with Crippen LogP contribution in [-0.4, -0.2) is 26.9 Å². The lowest BCUT2D eigenvalue weighted by Crippen LogP contribution is -2.02. The molecule has 0 bridgehead atoms. The number of aliphatic hydroxyl groups excluding tert-OH is 1. The molecular formula is C8H9ClN2O3S. The van der Waals surface area contributed by atoms with Gasteiger partial charge in [0.2, 0.25) is 0 Å². The molecule has 0 radical (unpaired) electrons. The molecule has 1 unspecified atom stereocenters. The van der Waals surface area contributed by atoms with E-state index in [-0.39, 0.29) is 22.6 Å². The second kappa shape index (κ2) is 5.29. The van der Waals surface area contributed by atoms with E-state index < -0.39 is 4.92 Å². The van der Waals surface area contributed by atoms with E-state index in [1.807, 2.05) is 6.92 Å². The van der Waals surface area contributed by atoms with Crippen molar-refractivity contribution in [1.82, 2.24) is 4.98 Å². The second-order valence-electron chi connectivity index (χ2n) is 2.85. The van der Waals surface area contributed by atoms with E-state index in [9.17, 15) is 10.1 Å². The summed E-state index contributed by atoms with van der Waals surface area (Å²) in [5.41, 5.74) is -0.138. The number of hydrogen-bond acceptors (Lipinski definition) is 5. The van der Waals surface area contributed by atoms with Crippen LogP contribution >= 0.6 is 23.4 Å². The fourth-order valence-corrected chi connectivity index (χ4v) is 1.86. The maximum Gasteiger partial charge on any atom is 0.289 e. The normalized spacial score (nSPS) is 12.5. The molecule has 15 heavy (non-hydrogen) atoms. The summed E-state index contributed by atoms with van der Waals surface area (Å²) in [5, 5.41) is 19.9. The van der Waals surface area contributed by atoms with Crippen LogP contribution in [0.2, 0.25) is 5.02 Å². The van der Waals surface area contributed by atoms with Gasteiger partial charge in [0.25, 0.3) is 5.69 Å². The number of halogens is 1. The van der Waals surface area contributed by atoms with Crippen LogP contribution in [0.1, 0.15) is 6.92 Å². The largest absolute Gasteiger partial charge is 0.395 e. The molecule has 1 heterocycles.